The molecule has 0 heterocycles. The molecule has 1 aromatic rings. The van der Waals surface area contributed by atoms with Crippen LogP contribution in [0.2, 0.25) is 19.6 Å². The summed E-state index contributed by atoms with van der Waals surface area (Å²) in [5, 5.41) is 11.1. The van der Waals surface area contributed by atoms with Gasteiger partial charge >= 0.3 is 0 Å². The highest BCUT2D eigenvalue weighted by molar-refractivity contribution is 6.69. The molecule has 2 nitrogen and oxygen atoms in total. The Morgan fingerprint density at radius 2 is 1.72 bits per heavy atom. The Hall–Kier alpha value is -0.643. The topological polar surface area (TPSA) is 29.5 Å². The predicted molar refractivity (Wildman–Crippen MR) is 77.0 cm³/mol. The highest BCUT2D eigenvalue weighted by Gasteiger charge is 2.54. The number of hydrogen-bond acceptors (Lipinski definition) is 2. The molecule has 1 aromatic carbocycles. The third-order valence-corrected chi connectivity index (χ3v) is 4.91. The van der Waals surface area contributed by atoms with Crippen LogP contribution in [-0.2, 0) is 10.0 Å². The Bertz CT molecular complexity index is 412. The molecule has 100 valence electrons. The second-order valence-corrected chi connectivity index (χ2v) is 11.0. The summed E-state index contributed by atoms with van der Waals surface area (Å²) in [4.78, 5) is 0. The third-order valence-electron chi connectivity index (χ3n) is 3.85. The largest absolute Gasteiger partial charge is 0.409 e. The fraction of sp³-hybridized carbons (Fsp3) is 0.600. The molecule has 1 aliphatic carbocycles. The van der Waals surface area contributed by atoms with Crippen molar-refractivity contribution in [3.05, 3.63) is 35.9 Å². The fourth-order valence-corrected chi connectivity index (χ4v) is 4.75. The molecule has 2 unspecified atom stereocenters. The molecule has 0 saturated heterocycles. The van der Waals surface area contributed by atoms with Crippen molar-refractivity contribution < 1.29 is 9.53 Å². The van der Waals surface area contributed by atoms with Gasteiger partial charge in [-0.2, -0.15) is 0 Å². The molecule has 0 amide bonds. The molecule has 2 atom stereocenters. The van der Waals surface area contributed by atoms with E-state index in [2.05, 4.69) is 26.6 Å². The van der Waals surface area contributed by atoms with Gasteiger partial charge in [0.25, 0.3) is 0 Å². The van der Waals surface area contributed by atoms with Crippen LogP contribution in [0.5, 0.6) is 0 Å². The average Bonchev–Trinajstić information content (AvgIpc) is 2.55. The van der Waals surface area contributed by atoms with Gasteiger partial charge in [-0.3, -0.25) is 0 Å². The van der Waals surface area contributed by atoms with E-state index in [4.69, 9.17) is 4.43 Å². The molecule has 3 heteroatoms. The number of benzene rings is 1. The van der Waals surface area contributed by atoms with E-state index in [9.17, 15) is 5.11 Å². The van der Waals surface area contributed by atoms with Gasteiger partial charge in [-0.25, -0.2) is 0 Å². The maximum Gasteiger partial charge on any atom is 0.184 e. The normalized spacial score (nSPS) is 32.7. The van der Waals surface area contributed by atoms with Crippen LogP contribution < -0.4 is 0 Å². The summed E-state index contributed by atoms with van der Waals surface area (Å²) in [6.45, 7) is 8.62. The van der Waals surface area contributed by atoms with Crippen LogP contribution in [0.25, 0.3) is 0 Å². The summed E-state index contributed by atoms with van der Waals surface area (Å²) >= 11 is 0. The quantitative estimate of drug-likeness (QED) is 0.844. The first kappa shape index (κ1) is 13.8. The van der Waals surface area contributed by atoms with E-state index in [0.29, 0.717) is 0 Å². The Balaban J connectivity index is 2.37. The molecule has 0 bridgehead atoms. The minimum Gasteiger partial charge on any atom is -0.409 e. The van der Waals surface area contributed by atoms with E-state index in [1.54, 1.807) is 0 Å². The Morgan fingerprint density at radius 3 is 2.28 bits per heavy atom. The molecule has 0 spiro atoms. The monoisotopic (exact) mass is 264 g/mol. The van der Waals surface area contributed by atoms with Crippen LogP contribution in [0.3, 0.4) is 0 Å². The first-order chi connectivity index (χ1) is 8.27. The third kappa shape index (κ3) is 2.39. The minimum absolute atomic E-state index is 0.446. The summed E-state index contributed by atoms with van der Waals surface area (Å²) in [7, 11) is -1.68. The Morgan fingerprint density at radius 1 is 1.11 bits per heavy atom. The van der Waals surface area contributed by atoms with Crippen LogP contribution in [0, 0.1) is 0 Å². The van der Waals surface area contributed by atoms with Crippen molar-refractivity contribution in [3.63, 3.8) is 0 Å². The van der Waals surface area contributed by atoms with Crippen molar-refractivity contribution in [2.75, 3.05) is 0 Å². The van der Waals surface area contributed by atoms with Gasteiger partial charge in [-0.05, 0) is 51.4 Å². The summed E-state index contributed by atoms with van der Waals surface area (Å²) in [6.07, 6.45) is 2.74. The zero-order valence-electron chi connectivity index (χ0n) is 11.9. The van der Waals surface area contributed by atoms with Crippen LogP contribution >= 0.6 is 0 Å². The molecular weight excluding hydrogens is 240 g/mol. The molecule has 1 N–H and O–H groups in total. The van der Waals surface area contributed by atoms with Crippen molar-refractivity contribution in [1.29, 1.82) is 0 Å². The highest BCUT2D eigenvalue weighted by atomic mass is 28.4. The van der Waals surface area contributed by atoms with Crippen molar-refractivity contribution in [2.45, 2.75) is 57.0 Å². The van der Waals surface area contributed by atoms with Gasteiger partial charge in [0.2, 0.25) is 0 Å². The second-order valence-electron chi connectivity index (χ2n) is 6.53. The van der Waals surface area contributed by atoms with E-state index >= 15 is 0 Å². The minimum atomic E-state index is -1.68. The number of hydrogen-bond donors (Lipinski definition) is 1. The first-order valence-corrected chi connectivity index (χ1v) is 10.2. The standard InChI is InChI=1S/C15H24O2Si/c1-14(17-18(2,3)4)11-8-12-15(14,16)13-9-6-5-7-10-13/h5-7,9-10,16H,8,11-12H2,1-4H3. The number of aliphatic hydroxyl groups is 1. The smallest absolute Gasteiger partial charge is 0.184 e. The van der Waals surface area contributed by atoms with Gasteiger partial charge in [0.1, 0.15) is 5.60 Å². The Kier molecular flexibility index (Phi) is 3.43. The molecule has 0 aliphatic heterocycles. The van der Waals surface area contributed by atoms with Crippen LogP contribution in [-0.4, -0.2) is 19.0 Å². The highest BCUT2D eigenvalue weighted by Crippen LogP contribution is 2.49. The summed E-state index contributed by atoms with van der Waals surface area (Å²) in [5.41, 5.74) is -0.295. The van der Waals surface area contributed by atoms with Gasteiger partial charge < -0.3 is 9.53 Å². The molecule has 2 rings (SSSR count). The van der Waals surface area contributed by atoms with Crippen LogP contribution in [0.4, 0.5) is 0 Å². The summed E-state index contributed by atoms with van der Waals surface area (Å²) < 4.78 is 6.35. The second kappa shape index (κ2) is 4.48. The van der Waals surface area contributed by atoms with E-state index in [1.807, 2.05) is 30.3 Å². The van der Waals surface area contributed by atoms with Crippen molar-refractivity contribution in [3.8, 4) is 0 Å². The number of rotatable bonds is 3. The van der Waals surface area contributed by atoms with Gasteiger partial charge in [0.15, 0.2) is 8.32 Å². The Labute approximate surface area is 111 Å². The van der Waals surface area contributed by atoms with E-state index in [-0.39, 0.29) is 0 Å². The van der Waals surface area contributed by atoms with Crippen molar-refractivity contribution >= 4 is 8.32 Å². The van der Waals surface area contributed by atoms with Crippen LogP contribution in [0.15, 0.2) is 30.3 Å². The molecule has 1 aliphatic rings. The van der Waals surface area contributed by atoms with E-state index < -0.39 is 19.5 Å². The molecule has 0 radical (unpaired) electrons. The first-order valence-electron chi connectivity index (χ1n) is 6.75. The SMILES string of the molecule is CC1(O[Si](C)(C)C)CCCC1(O)c1ccccc1. The zero-order chi connectivity index (χ0) is 13.4. The van der Waals surface area contributed by atoms with Gasteiger partial charge in [0, 0.05) is 0 Å². The summed E-state index contributed by atoms with van der Waals surface area (Å²) in [6, 6.07) is 9.98. The van der Waals surface area contributed by atoms with Crippen LogP contribution in [0.1, 0.15) is 31.7 Å². The van der Waals surface area contributed by atoms with E-state index in [0.717, 1.165) is 24.8 Å². The van der Waals surface area contributed by atoms with Crippen molar-refractivity contribution in [1.82, 2.24) is 0 Å². The lowest BCUT2D eigenvalue weighted by Crippen LogP contribution is -2.52. The molecule has 1 saturated carbocycles. The van der Waals surface area contributed by atoms with Gasteiger partial charge in [0.05, 0.1) is 5.60 Å². The van der Waals surface area contributed by atoms with Gasteiger partial charge in [-0.1, -0.05) is 30.3 Å². The summed E-state index contributed by atoms with van der Waals surface area (Å²) in [5.74, 6) is 0. The van der Waals surface area contributed by atoms with Crippen molar-refractivity contribution in [2.24, 2.45) is 0 Å². The lowest BCUT2D eigenvalue weighted by Gasteiger charge is -2.44. The average molecular weight is 264 g/mol. The fourth-order valence-electron chi connectivity index (χ4n) is 3.13. The van der Waals surface area contributed by atoms with E-state index in [1.165, 1.54) is 0 Å². The lowest BCUT2D eigenvalue weighted by molar-refractivity contribution is -0.114. The molecule has 1 fully saturated rings. The maximum absolute atomic E-state index is 11.1. The zero-order valence-corrected chi connectivity index (χ0v) is 12.9. The molecule has 18 heavy (non-hydrogen) atoms. The molecule has 0 aromatic heterocycles. The predicted octanol–water partition coefficient (Wildman–Crippen LogP) is 3.67. The molecular formula is C15H24O2Si. The maximum atomic E-state index is 11.1. The lowest BCUT2D eigenvalue weighted by atomic mass is 9.81. The van der Waals surface area contributed by atoms with Gasteiger partial charge in [-0.15, -0.1) is 0 Å².